The number of nitrogens with one attached hydrogen (secondary N) is 1. The van der Waals surface area contributed by atoms with Crippen molar-refractivity contribution in [2.24, 2.45) is 11.1 Å². The molecule has 1 amide bonds. The molecule has 0 unspecified atom stereocenters. The summed E-state index contributed by atoms with van der Waals surface area (Å²) >= 11 is 3.45. The highest BCUT2D eigenvalue weighted by atomic mass is 79.9. The Kier molecular flexibility index (Phi) is 3.27. The van der Waals surface area contributed by atoms with E-state index in [-0.39, 0.29) is 11.3 Å². The number of rotatable bonds is 3. The van der Waals surface area contributed by atoms with Crippen molar-refractivity contribution in [1.29, 1.82) is 0 Å². The number of aryl methyl sites for hydroxylation is 2. The maximum absolute atomic E-state index is 12.1. The van der Waals surface area contributed by atoms with Crippen LogP contribution in [-0.2, 0) is 4.79 Å². The SMILES string of the molecule is Cc1cc(Br)cc(C)c1NC(=O)C1(CN)CC1. The van der Waals surface area contributed by atoms with E-state index in [9.17, 15) is 4.79 Å². The fourth-order valence-corrected chi connectivity index (χ4v) is 2.72. The first kappa shape index (κ1) is 12.6. The van der Waals surface area contributed by atoms with Crippen LogP contribution < -0.4 is 11.1 Å². The molecule has 0 saturated heterocycles. The molecule has 3 N–H and O–H groups in total. The van der Waals surface area contributed by atoms with Crippen LogP contribution in [0.2, 0.25) is 0 Å². The number of hydrogen-bond acceptors (Lipinski definition) is 2. The predicted molar refractivity (Wildman–Crippen MR) is 73.0 cm³/mol. The second-order valence-corrected chi connectivity index (χ2v) is 5.77. The summed E-state index contributed by atoms with van der Waals surface area (Å²) in [7, 11) is 0. The smallest absolute Gasteiger partial charge is 0.231 e. The quantitative estimate of drug-likeness (QED) is 0.901. The van der Waals surface area contributed by atoms with Crippen LogP contribution in [0.25, 0.3) is 0 Å². The van der Waals surface area contributed by atoms with Crippen molar-refractivity contribution < 1.29 is 4.79 Å². The van der Waals surface area contributed by atoms with Gasteiger partial charge in [0.15, 0.2) is 0 Å². The monoisotopic (exact) mass is 296 g/mol. The lowest BCUT2D eigenvalue weighted by Gasteiger charge is -2.16. The molecule has 0 aliphatic heterocycles. The van der Waals surface area contributed by atoms with Crippen LogP contribution in [0, 0.1) is 19.3 Å². The summed E-state index contributed by atoms with van der Waals surface area (Å²) in [6, 6.07) is 4.01. The van der Waals surface area contributed by atoms with E-state index < -0.39 is 0 Å². The van der Waals surface area contributed by atoms with Gasteiger partial charge in [-0.25, -0.2) is 0 Å². The Morgan fingerprint density at radius 2 is 1.94 bits per heavy atom. The third-order valence-electron chi connectivity index (χ3n) is 3.46. The van der Waals surface area contributed by atoms with Crippen molar-refractivity contribution in [2.75, 3.05) is 11.9 Å². The molecule has 0 bridgehead atoms. The van der Waals surface area contributed by atoms with Crippen LogP contribution in [0.15, 0.2) is 16.6 Å². The molecule has 3 nitrogen and oxygen atoms in total. The minimum absolute atomic E-state index is 0.0634. The maximum Gasteiger partial charge on any atom is 0.231 e. The van der Waals surface area contributed by atoms with Crippen molar-refractivity contribution in [1.82, 2.24) is 0 Å². The molecule has 0 heterocycles. The molecular formula is C13H17BrN2O. The average Bonchev–Trinajstić information content (AvgIpc) is 3.03. The standard InChI is InChI=1S/C13H17BrN2O/c1-8-5-10(14)6-9(2)11(8)16-12(17)13(7-15)3-4-13/h5-6H,3-4,7,15H2,1-2H3,(H,16,17). The van der Waals surface area contributed by atoms with Gasteiger partial charge in [0.25, 0.3) is 0 Å². The molecule has 0 radical (unpaired) electrons. The van der Waals surface area contributed by atoms with Gasteiger partial charge in [-0.3, -0.25) is 4.79 Å². The van der Waals surface area contributed by atoms with Gasteiger partial charge in [0.1, 0.15) is 0 Å². The second kappa shape index (κ2) is 4.42. The van der Waals surface area contributed by atoms with Crippen LogP contribution >= 0.6 is 15.9 Å². The van der Waals surface area contributed by atoms with E-state index in [0.717, 1.165) is 34.1 Å². The molecular weight excluding hydrogens is 280 g/mol. The van der Waals surface area contributed by atoms with Gasteiger partial charge in [0, 0.05) is 16.7 Å². The molecule has 0 atom stereocenters. The highest BCUT2D eigenvalue weighted by Gasteiger charge is 2.48. The number of carbonyl (C=O) groups is 1. The third-order valence-corrected chi connectivity index (χ3v) is 3.92. The molecule has 2 rings (SSSR count). The number of halogens is 1. The summed E-state index contributed by atoms with van der Waals surface area (Å²) in [6.07, 6.45) is 1.81. The zero-order valence-electron chi connectivity index (χ0n) is 10.1. The third kappa shape index (κ3) is 2.38. The molecule has 1 aliphatic rings. The minimum Gasteiger partial charge on any atom is -0.329 e. The van der Waals surface area contributed by atoms with Crippen molar-refractivity contribution in [3.8, 4) is 0 Å². The molecule has 1 aromatic carbocycles. The minimum atomic E-state index is -0.300. The van der Waals surface area contributed by atoms with E-state index in [4.69, 9.17) is 5.73 Å². The number of hydrogen-bond donors (Lipinski definition) is 2. The Hall–Kier alpha value is -0.870. The van der Waals surface area contributed by atoms with Gasteiger partial charge >= 0.3 is 0 Å². The maximum atomic E-state index is 12.1. The first-order valence-corrected chi connectivity index (χ1v) is 6.56. The van der Waals surface area contributed by atoms with Crippen LogP contribution in [0.4, 0.5) is 5.69 Å². The van der Waals surface area contributed by atoms with Crippen molar-refractivity contribution in [2.45, 2.75) is 26.7 Å². The van der Waals surface area contributed by atoms with Gasteiger partial charge < -0.3 is 11.1 Å². The van der Waals surface area contributed by atoms with Gasteiger partial charge in [-0.2, -0.15) is 0 Å². The molecule has 92 valence electrons. The average molecular weight is 297 g/mol. The lowest BCUT2D eigenvalue weighted by molar-refractivity contribution is -0.120. The van der Waals surface area contributed by atoms with E-state index in [1.54, 1.807) is 0 Å². The zero-order valence-corrected chi connectivity index (χ0v) is 11.7. The number of carbonyl (C=O) groups excluding carboxylic acids is 1. The summed E-state index contributed by atoms with van der Waals surface area (Å²) in [5.74, 6) is 0.0634. The molecule has 0 aromatic heterocycles. The first-order chi connectivity index (χ1) is 7.98. The highest BCUT2D eigenvalue weighted by Crippen LogP contribution is 2.45. The Bertz CT molecular complexity index is 443. The van der Waals surface area contributed by atoms with E-state index in [1.165, 1.54) is 0 Å². The topological polar surface area (TPSA) is 55.1 Å². The fraction of sp³-hybridized carbons (Fsp3) is 0.462. The Labute approximate surface area is 110 Å². The molecule has 1 fully saturated rings. The van der Waals surface area contributed by atoms with Gasteiger partial charge in [0.2, 0.25) is 5.91 Å². The predicted octanol–water partition coefficient (Wildman–Crippen LogP) is 2.74. The number of nitrogens with two attached hydrogens (primary N) is 1. The van der Waals surface area contributed by atoms with Gasteiger partial charge in [-0.05, 0) is 49.9 Å². The molecule has 4 heteroatoms. The lowest BCUT2D eigenvalue weighted by atomic mass is 10.0. The Balaban J connectivity index is 2.22. The Morgan fingerprint density at radius 3 is 2.35 bits per heavy atom. The summed E-state index contributed by atoms with van der Waals surface area (Å²) in [6.45, 7) is 4.43. The van der Waals surface area contributed by atoms with Crippen LogP contribution in [0.1, 0.15) is 24.0 Å². The van der Waals surface area contributed by atoms with Gasteiger partial charge in [0.05, 0.1) is 5.41 Å². The normalized spacial score (nSPS) is 16.7. The van der Waals surface area contributed by atoms with E-state index >= 15 is 0 Å². The first-order valence-electron chi connectivity index (χ1n) is 5.77. The highest BCUT2D eigenvalue weighted by molar-refractivity contribution is 9.10. The van der Waals surface area contributed by atoms with Crippen LogP contribution in [0.5, 0.6) is 0 Å². The Morgan fingerprint density at radius 1 is 1.41 bits per heavy atom. The molecule has 1 aromatic rings. The molecule has 17 heavy (non-hydrogen) atoms. The van der Waals surface area contributed by atoms with Crippen LogP contribution in [0.3, 0.4) is 0 Å². The van der Waals surface area contributed by atoms with Crippen molar-refractivity contribution >= 4 is 27.5 Å². The second-order valence-electron chi connectivity index (χ2n) is 4.85. The summed E-state index contributed by atoms with van der Waals surface area (Å²) in [5.41, 5.74) is 8.41. The van der Waals surface area contributed by atoms with E-state index in [1.807, 2.05) is 26.0 Å². The zero-order chi connectivity index (χ0) is 12.6. The number of benzene rings is 1. The summed E-state index contributed by atoms with van der Waals surface area (Å²) in [4.78, 5) is 12.1. The fourth-order valence-electron chi connectivity index (χ4n) is 2.03. The lowest BCUT2D eigenvalue weighted by Crippen LogP contribution is -2.31. The largest absolute Gasteiger partial charge is 0.329 e. The number of amides is 1. The molecule has 0 spiro atoms. The molecule has 1 saturated carbocycles. The molecule has 1 aliphatic carbocycles. The number of anilines is 1. The summed E-state index contributed by atoms with van der Waals surface area (Å²) in [5, 5.41) is 3.02. The van der Waals surface area contributed by atoms with Gasteiger partial charge in [-0.1, -0.05) is 15.9 Å². The van der Waals surface area contributed by atoms with Gasteiger partial charge in [-0.15, -0.1) is 0 Å². The van der Waals surface area contributed by atoms with E-state index in [0.29, 0.717) is 6.54 Å². The van der Waals surface area contributed by atoms with Crippen molar-refractivity contribution in [3.05, 3.63) is 27.7 Å². The van der Waals surface area contributed by atoms with Crippen LogP contribution in [-0.4, -0.2) is 12.5 Å². The summed E-state index contributed by atoms with van der Waals surface area (Å²) < 4.78 is 1.03. The van der Waals surface area contributed by atoms with Crippen molar-refractivity contribution in [3.63, 3.8) is 0 Å². The van der Waals surface area contributed by atoms with E-state index in [2.05, 4.69) is 21.2 Å².